The molecule has 7 N–H and O–H groups in total. The van der Waals surface area contributed by atoms with Gasteiger partial charge in [-0.25, -0.2) is 0 Å². The summed E-state index contributed by atoms with van der Waals surface area (Å²) in [5.41, 5.74) is 19.1. The fraction of sp³-hybridized carbons (Fsp3) is 0.462. The van der Waals surface area contributed by atoms with Gasteiger partial charge in [0.05, 0.1) is 52.4 Å². The van der Waals surface area contributed by atoms with Crippen LogP contribution in [-0.2, 0) is 11.3 Å². The average Bonchev–Trinajstić information content (AvgIpc) is 4.07. The predicted octanol–water partition coefficient (Wildman–Crippen LogP) is 4.21. The third kappa shape index (κ3) is 9.89. The number of hydrogen-bond donors (Lipinski definition) is 5. The third-order valence-corrected chi connectivity index (χ3v) is 9.50. The molecule has 3 aromatic rings. The number of amidine groups is 1. The van der Waals surface area contributed by atoms with E-state index in [4.69, 9.17) is 16.6 Å². The van der Waals surface area contributed by atoms with Gasteiger partial charge in [-0.1, -0.05) is 19.1 Å². The zero-order valence-electron chi connectivity index (χ0n) is 31.8. The van der Waals surface area contributed by atoms with Gasteiger partial charge in [0.1, 0.15) is 12.1 Å². The number of fused-ring (bicyclic) bond motifs is 3. The van der Waals surface area contributed by atoms with E-state index in [1.54, 1.807) is 12.3 Å². The number of para-hydroxylation sites is 1. The van der Waals surface area contributed by atoms with E-state index >= 15 is 0 Å². The minimum atomic E-state index is -0.240. The van der Waals surface area contributed by atoms with E-state index in [0.717, 1.165) is 85.7 Å². The van der Waals surface area contributed by atoms with E-state index in [1.165, 1.54) is 24.6 Å². The summed E-state index contributed by atoms with van der Waals surface area (Å²) >= 11 is 0. The predicted molar refractivity (Wildman–Crippen MR) is 211 cm³/mol. The average molecular weight is 726 g/mol. The van der Waals surface area contributed by atoms with Crippen molar-refractivity contribution in [3.63, 3.8) is 0 Å². The van der Waals surface area contributed by atoms with E-state index in [2.05, 4.69) is 55.1 Å². The Bertz CT molecular complexity index is 1820. The Hall–Kier alpha value is -5.05. The van der Waals surface area contributed by atoms with Crippen LogP contribution in [0, 0.1) is 5.92 Å². The minimum absolute atomic E-state index is 0.0191. The zero-order valence-corrected chi connectivity index (χ0v) is 31.8. The fourth-order valence-corrected chi connectivity index (χ4v) is 6.41. The van der Waals surface area contributed by atoms with Crippen molar-refractivity contribution in [1.29, 1.82) is 0 Å². The van der Waals surface area contributed by atoms with Crippen LogP contribution in [0.4, 0.5) is 11.4 Å². The first-order chi connectivity index (χ1) is 25.5. The Morgan fingerprint density at radius 3 is 2.34 bits per heavy atom. The molecule has 284 valence electrons. The lowest BCUT2D eigenvalue weighted by atomic mass is 9.91. The van der Waals surface area contributed by atoms with Gasteiger partial charge in [-0.15, -0.1) is 0 Å². The molecular formula is C39H55N11O3. The molecule has 0 bridgehead atoms. The van der Waals surface area contributed by atoms with Crippen molar-refractivity contribution in [2.45, 2.75) is 63.7 Å². The van der Waals surface area contributed by atoms with Crippen LogP contribution >= 0.6 is 0 Å². The summed E-state index contributed by atoms with van der Waals surface area (Å²) in [7, 11) is 10.1. The van der Waals surface area contributed by atoms with Crippen LogP contribution in [0.2, 0.25) is 0 Å². The maximum atomic E-state index is 12.2. The molecule has 2 aliphatic heterocycles. The number of nitrogens with two attached hydrogens (primary N) is 2. The molecule has 2 saturated carbocycles. The number of aliphatic hydroxyl groups is 1. The molecule has 53 heavy (non-hydrogen) atoms. The number of hydrogen-bond acceptors (Lipinski definition) is 11. The maximum Gasteiger partial charge on any atom is 0.250 e. The Balaban J connectivity index is 0.000000533. The maximum absolute atomic E-state index is 12.2. The summed E-state index contributed by atoms with van der Waals surface area (Å²) in [6.07, 6.45) is 11.9. The normalized spacial score (nSPS) is 18.9. The van der Waals surface area contributed by atoms with Crippen molar-refractivity contribution in [3.8, 4) is 11.1 Å². The van der Waals surface area contributed by atoms with Crippen LogP contribution in [0.3, 0.4) is 0 Å². The number of amides is 1. The number of nitrogens with zero attached hydrogens (tertiary/aromatic N) is 7. The Morgan fingerprint density at radius 1 is 1.08 bits per heavy atom. The number of rotatable bonds is 11. The first kappa shape index (κ1) is 39.2. The number of aromatic nitrogens is 3. The summed E-state index contributed by atoms with van der Waals surface area (Å²) in [5, 5.41) is 21.1. The molecule has 0 radical (unpaired) electrons. The van der Waals surface area contributed by atoms with E-state index < -0.39 is 0 Å². The fourth-order valence-electron chi connectivity index (χ4n) is 6.41. The number of anilines is 2. The first-order valence-electron chi connectivity index (χ1n) is 18.3. The molecule has 4 aliphatic rings. The number of aldehydes is 1. The van der Waals surface area contributed by atoms with Crippen LogP contribution in [0.5, 0.6) is 0 Å². The van der Waals surface area contributed by atoms with Crippen LogP contribution < -0.4 is 27.0 Å². The molecular weight excluding hydrogens is 671 g/mol. The summed E-state index contributed by atoms with van der Waals surface area (Å²) in [5.74, 6) is -0.274. The third-order valence-electron chi connectivity index (χ3n) is 9.50. The molecule has 1 amide bonds. The highest BCUT2D eigenvalue weighted by molar-refractivity contribution is 6.02. The SMILES string of the molecule is CCC1c2c(cnn2C2CN(Cc3ccc(C=O)cn3)C2)-c2cccc(NC(=C/C(N)=NC(=O)C3CC3)/C(N)=C\O)c2N1C.CN(C)C.CNC1CC1. The first-order valence-corrected chi connectivity index (χ1v) is 18.3. The summed E-state index contributed by atoms with van der Waals surface area (Å²) < 4.78 is 2.17. The van der Waals surface area contributed by atoms with Crippen molar-refractivity contribution in [2.75, 3.05) is 58.5 Å². The molecule has 1 atom stereocenters. The van der Waals surface area contributed by atoms with Crippen molar-refractivity contribution < 1.29 is 14.7 Å². The van der Waals surface area contributed by atoms with E-state index in [0.29, 0.717) is 11.3 Å². The second-order valence-electron chi connectivity index (χ2n) is 14.5. The molecule has 3 fully saturated rings. The molecule has 1 unspecified atom stereocenters. The highest BCUT2D eigenvalue weighted by atomic mass is 16.2. The monoisotopic (exact) mass is 725 g/mol. The molecule has 1 saturated heterocycles. The van der Waals surface area contributed by atoms with Gasteiger partial charge in [0, 0.05) is 67.6 Å². The number of carbonyl (C=O) groups is 2. The number of aliphatic hydroxyl groups excluding tert-OH is 1. The number of carbonyl (C=O) groups excluding carboxylic acids is 2. The van der Waals surface area contributed by atoms with Gasteiger partial charge in [0.25, 0.3) is 5.91 Å². The van der Waals surface area contributed by atoms with Crippen LogP contribution in [-0.4, -0.2) is 102 Å². The molecule has 1 aromatic carbocycles. The number of likely N-dealkylation sites (tertiary alicyclic amines) is 1. The number of nitrogens with one attached hydrogen (secondary N) is 2. The van der Waals surface area contributed by atoms with Gasteiger partial charge < -0.3 is 37.0 Å². The second-order valence-corrected chi connectivity index (χ2v) is 14.5. The number of benzene rings is 1. The van der Waals surface area contributed by atoms with Gasteiger partial charge >= 0.3 is 0 Å². The van der Waals surface area contributed by atoms with Gasteiger partial charge in [0.2, 0.25) is 0 Å². The minimum Gasteiger partial charge on any atom is -0.513 e. The van der Waals surface area contributed by atoms with Gasteiger partial charge in [0.15, 0.2) is 6.29 Å². The van der Waals surface area contributed by atoms with Gasteiger partial charge in [-0.05, 0) is 78.5 Å². The van der Waals surface area contributed by atoms with Crippen LogP contribution in [0.1, 0.15) is 72.9 Å². The Labute approximate surface area is 312 Å². The largest absolute Gasteiger partial charge is 0.513 e. The standard InChI is InChI=1S/C32H37N9O3.C4H9N.C3H9N/c1-3-28-31-24(13-36-41(31)22-15-40(16-22)14-21-10-7-19(17-42)12-35-21)23-5-4-6-26(30(23)39(28)2)37-27(25(33)18-43)11-29(34)38-32(44)20-8-9-20;1-5-4-2-3-4;1-4(2)3/h4-7,10-13,17-18,20,22,28,37,43H,3,8-9,14-16,33H2,1-2H3,(H2,34,38,44);4-5H,2-3H2,1H3;1-3H3/b25-18+,27-11+;;. The van der Waals surface area contributed by atoms with Crippen LogP contribution in [0.15, 0.2) is 71.5 Å². The molecule has 0 spiro atoms. The van der Waals surface area contributed by atoms with E-state index in [9.17, 15) is 14.7 Å². The molecule has 4 heterocycles. The van der Waals surface area contributed by atoms with Crippen molar-refractivity contribution in [3.05, 3.63) is 83.4 Å². The smallest absolute Gasteiger partial charge is 0.250 e. The molecule has 7 rings (SSSR count). The lowest BCUT2D eigenvalue weighted by Gasteiger charge is -2.43. The number of pyridine rings is 1. The molecule has 14 nitrogen and oxygen atoms in total. The van der Waals surface area contributed by atoms with Gasteiger partial charge in [-0.2, -0.15) is 10.1 Å². The highest BCUT2D eigenvalue weighted by Crippen LogP contribution is 2.49. The molecule has 2 aromatic heterocycles. The topological polar surface area (TPSA) is 183 Å². The Kier molecular flexibility index (Phi) is 13.0. The van der Waals surface area contributed by atoms with Crippen LogP contribution in [0.25, 0.3) is 11.1 Å². The molecule has 2 aliphatic carbocycles. The summed E-state index contributed by atoms with van der Waals surface area (Å²) in [6.45, 7) is 4.59. The summed E-state index contributed by atoms with van der Waals surface area (Å²) in [4.78, 5) is 38.1. The summed E-state index contributed by atoms with van der Waals surface area (Å²) in [6, 6.07) is 10.9. The van der Waals surface area contributed by atoms with Gasteiger partial charge in [-0.3, -0.25) is 24.2 Å². The zero-order chi connectivity index (χ0) is 38.2. The highest BCUT2D eigenvalue weighted by Gasteiger charge is 2.38. The van der Waals surface area contributed by atoms with Crippen molar-refractivity contribution >= 4 is 29.4 Å². The lowest BCUT2D eigenvalue weighted by molar-refractivity contribution is -0.118. The number of aliphatic imine (C=N–C) groups is 1. The van der Waals surface area contributed by atoms with Crippen molar-refractivity contribution in [1.82, 2.24) is 29.9 Å². The molecule has 14 heteroatoms. The lowest BCUT2D eigenvalue weighted by Crippen LogP contribution is -2.48. The van der Waals surface area contributed by atoms with E-state index in [-0.39, 0.29) is 35.4 Å². The van der Waals surface area contributed by atoms with E-state index in [1.807, 2.05) is 57.5 Å². The second kappa shape index (κ2) is 17.6. The quantitative estimate of drug-likeness (QED) is 0.0625. The van der Waals surface area contributed by atoms with Crippen molar-refractivity contribution in [2.24, 2.45) is 22.4 Å². The Morgan fingerprint density at radius 2 is 1.79 bits per heavy atom.